The second kappa shape index (κ2) is 13.2. The maximum absolute atomic E-state index is 13.8. The smallest absolute Gasteiger partial charge is 0.244 e. The number of nitrogens with one attached hydrogen (secondary N) is 1. The molecule has 3 rings (SSSR count). The molecule has 1 atom stereocenters. The Morgan fingerprint density at radius 1 is 1.00 bits per heavy atom. The number of hydrogen-bond acceptors (Lipinski definition) is 4. The summed E-state index contributed by atoms with van der Waals surface area (Å²) in [6, 6.07) is 10.6. The molecule has 2 amide bonds. The largest absolute Gasteiger partial charge is 0.352 e. The van der Waals surface area contributed by atoms with Crippen molar-refractivity contribution in [2.75, 3.05) is 17.1 Å². The highest BCUT2D eigenvalue weighted by Crippen LogP contribution is 2.31. The molecule has 0 aromatic heterocycles. The summed E-state index contributed by atoms with van der Waals surface area (Å²) in [5, 5.41) is 4.09. The van der Waals surface area contributed by atoms with Crippen LogP contribution in [0.4, 0.5) is 5.69 Å². The van der Waals surface area contributed by atoms with E-state index in [0.29, 0.717) is 16.5 Å². The van der Waals surface area contributed by atoms with Crippen LogP contribution >= 0.6 is 34.8 Å². The minimum Gasteiger partial charge on any atom is -0.352 e. The van der Waals surface area contributed by atoms with Crippen LogP contribution in [0.1, 0.15) is 51.0 Å². The lowest BCUT2D eigenvalue weighted by molar-refractivity contribution is -0.140. The average molecular weight is 589 g/mol. The fourth-order valence-electron chi connectivity index (χ4n) is 4.53. The van der Waals surface area contributed by atoms with E-state index in [1.807, 2.05) is 6.92 Å². The lowest BCUT2D eigenvalue weighted by Crippen LogP contribution is -2.54. The summed E-state index contributed by atoms with van der Waals surface area (Å²) in [5.74, 6) is -0.774. The van der Waals surface area contributed by atoms with Crippen LogP contribution in [0.15, 0.2) is 42.5 Å². The zero-order valence-corrected chi connectivity index (χ0v) is 24.0. The standard InChI is InChI=1S/C26H32Cl3N3O4S/c1-3-23(26(34)30-21-7-5-4-6-8-21)31(16-18-9-11-19(27)12-10-18)25(33)17-32(37(2,35)36)24-14-13-20(28)15-22(24)29/h9-15,21,23H,3-8,16-17H2,1-2H3,(H,30,34)/t23-/m1/s1. The van der Waals surface area contributed by atoms with E-state index in [-0.39, 0.29) is 29.2 Å². The second-order valence-electron chi connectivity index (χ2n) is 9.28. The predicted octanol–water partition coefficient (Wildman–Crippen LogP) is 5.67. The number of sulfonamides is 1. The van der Waals surface area contributed by atoms with E-state index in [9.17, 15) is 18.0 Å². The van der Waals surface area contributed by atoms with Crippen molar-refractivity contribution in [3.8, 4) is 0 Å². The van der Waals surface area contributed by atoms with Gasteiger partial charge < -0.3 is 10.2 Å². The highest BCUT2D eigenvalue weighted by atomic mass is 35.5. The average Bonchev–Trinajstić information content (AvgIpc) is 2.84. The Morgan fingerprint density at radius 2 is 1.62 bits per heavy atom. The number of benzene rings is 2. The molecular weight excluding hydrogens is 557 g/mol. The molecule has 2 aromatic rings. The van der Waals surface area contributed by atoms with Crippen LogP contribution in [-0.4, -0.2) is 50.0 Å². The van der Waals surface area contributed by atoms with Crippen molar-refractivity contribution in [2.45, 2.75) is 64.1 Å². The summed E-state index contributed by atoms with van der Waals surface area (Å²) in [5.41, 5.74) is 0.894. The quantitative estimate of drug-likeness (QED) is 0.388. The predicted molar refractivity (Wildman–Crippen MR) is 150 cm³/mol. The first-order chi connectivity index (χ1) is 17.5. The Labute approximate surface area is 234 Å². The van der Waals surface area contributed by atoms with Crippen molar-refractivity contribution in [3.05, 3.63) is 63.1 Å². The van der Waals surface area contributed by atoms with Crippen LogP contribution in [0, 0.1) is 0 Å². The molecule has 0 bridgehead atoms. The zero-order valence-electron chi connectivity index (χ0n) is 20.9. The third-order valence-corrected chi connectivity index (χ3v) is 8.38. The monoisotopic (exact) mass is 587 g/mol. The molecule has 37 heavy (non-hydrogen) atoms. The molecule has 1 saturated carbocycles. The SMILES string of the molecule is CC[C@H](C(=O)NC1CCCCC1)N(Cc1ccc(Cl)cc1)C(=O)CN(c1ccc(Cl)cc1Cl)S(C)(=O)=O. The van der Waals surface area contributed by atoms with E-state index >= 15 is 0 Å². The molecule has 2 aromatic carbocycles. The number of anilines is 1. The fraction of sp³-hybridized carbons (Fsp3) is 0.462. The lowest BCUT2D eigenvalue weighted by Gasteiger charge is -2.34. The molecule has 1 aliphatic carbocycles. The summed E-state index contributed by atoms with van der Waals surface area (Å²) in [4.78, 5) is 28.6. The Morgan fingerprint density at radius 3 is 2.19 bits per heavy atom. The first kappa shape index (κ1) is 29.6. The molecule has 11 heteroatoms. The zero-order chi connectivity index (χ0) is 27.2. The van der Waals surface area contributed by atoms with Crippen LogP contribution in [-0.2, 0) is 26.2 Å². The van der Waals surface area contributed by atoms with Gasteiger partial charge in [0.25, 0.3) is 0 Å². The molecular formula is C26H32Cl3N3O4S. The Bertz CT molecular complexity index is 1200. The van der Waals surface area contributed by atoms with Gasteiger partial charge in [0.05, 0.1) is 17.0 Å². The van der Waals surface area contributed by atoms with Gasteiger partial charge in [0.2, 0.25) is 21.8 Å². The molecule has 202 valence electrons. The maximum Gasteiger partial charge on any atom is 0.244 e. The third kappa shape index (κ3) is 8.24. The van der Waals surface area contributed by atoms with Gasteiger partial charge in [-0.1, -0.05) is 73.1 Å². The molecule has 0 spiro atoms. The fourth-order valence-corrected chi connectivity index (χ4v) is 6.08. The number of amides is 2. The van der Waals surface area contributed by atoms with Crippen molar-refractivity contribution in [3.63, 3.8) is 0 Å². The highest BCUT2D eigenvalue weighted by Gasteiger charge is 2.33. The molecule has 1 N–H and O–H groups in total. The lowest BCUT2D eigenvalue weighted by atomic mass is 9.95. The minimum absolute atomic E-state index is 0.0724. The Kier molecular flexibility index (Phi) is 10.5. The van der Waals surface area contributed by atoms with E-state index in [4.69, 9.17) is 34.8 Å². The van der Waals surface area contributed by atoms with Crippen molar-refractivity contribution in [1.29, 1.82) is 0 Å². The van der Waals surface area contributed by atoms with Crippen molar-refractivity contribution in [2.24, 2.45) is 0 Å². The minimum atomic E-state index is -3.90. The molecule has 0 unspecified atom stereocenters. The number of hydrogen-bond donors (Lipinski definition) is 1. The number of rotatable bonds is 10. The number of halogens is 3. The summed E-state index contributed by atoms with van der Waals surface area (Å²) in [6.07, 6.45) is 6.44. The molecule has 1 aliphatic rings. The summed E-state index contributed by atoms with van der Waals surface area (Å²) in [6.45, 7) is 1.41. The topological polar surface area (TPSA) is 86.8 Å². The van der Waals surface area contributed by atoms with Crippen molar-refractivity contribution >= 4 is 62.3 Å². The van der Waals surface area contributed by atoms with Gasteiger partial charge in [0.15, 0.2) is 0 Å². The summed E-state index contributed by atoms with van der Waals surface area (Å²) < 4.78 is 26.4. The first-order valence-corrected chi connectivity index (χ1v) is 15.2. The van der Waals surface area contributed by atoms with Crippen molar-refractivity contribution in [1.82, 2.24) is 10.2 Å². The number of carbonyl (C=O) groups excluding carboxylic acids is 2. The van der Waals surface area contributed by atoms with Crippen LogP contribution in [0.25, 0.3) is 0 Å². The van der Waals surface area contributed by atoms with Crippen LogP contribution < -0.4 is 9.62 Å². The van der Waals surface area contributed by atoms with Gasteiger partial charge in [0, 0.05) is 22.6 Å². The molecule has 0 radical (unpaired) electrons. The van der Waals surface area contributed by atoms with E-state index in [1.54, 1.807) is 24.3 Å². The van der Waals surface area contributed by atoms with Gasteiger partial charge in [-0.15, -0.1) is 0 Å². The second-order valence-corrected chi connectivity index (χ2v) is 12.5. The third-order valence-electron chi connectivity index (χ3n) is 6.46. The van der Waals surface area contributed by atoms with Crippen LogP contribution in [0.3, 0.4) is 0 Å². The number of nitrogens with zero attached hydrogens (tertiary/aromatic N) is 2. The molecule has 0 heterocycles. The van der Waals surface area contributed by atoms with Crippen LogP contribution in [0.2, 0.25) is 15.1 Å². The van der Waals surface area contributed by atoms with Gasteiger partial charge in [-0.3, -0.25) is 13.9 Å². The number of carbonyl (C=O) groups is 2. The molecule has 1 fully saturated rings. The Hall–Kier alpha value is -2.00. The first-order valence-electron chi connectivity index (χ1n) is 12.3. The van der Waals surface area contributed by atoms with Gasteiger partial charge >= 0.3 is 0 Å². The van der Waals surface area contributed by atoms with E-state index in [0.717, 1.165) is 48.2 Å². The molecule has 0 aliphatic heterocycles. The molecule has 0 saturated heterocycles. The van der Waals surface area contributed by atoms with Gasteiger partial charge in [-0.05, 0) is 55.2 Å². The van der Waals surface area contributed by atoms with Crippen molar-refractivity contribution < 1.29 is 18.0 Å². The normalized spacial score (nSPS) is 15.2. The van der Waals surface area contributed by atoms with E-state index in [2.05, 4.69) is 5.32 Å². The van der Waals surface area contributed by atoms with Gasteiger partial charge in [0.1, 0.15) is 12.6 Å². The van der Waals surface area contributed by atoms with E-state index in [1.165, 1.54) is 23.1 Å². The van der Waals surface area contributed by atoms with Gasteiger partial charge in [-0.2, -0.15) is 0 Å². The van der Waals surface area contributed by atoms with Gasteiger partial charge in [-0.25, -0.2) is 8.42 Å². The molecule has 7 nitrogen and oxygen atoms in total. The van der Waals surface area contributed by atoms with E-state index < -0.39 is 28.5 Å². The Balaban J connectivity index is 1.93. The van der Waals surface area contributed by atoms with Crippen LogP contribution in [0.5, 0.6) is 0 Å². The maximum atomic E-state index is 13.8. The highest BCUT2D eigenvalue weighted by molar-refractivity contribution is 7.92. The summed E-state index contributed by atoms with van der Waals surface area (Å²) >= 11 is 18.3. The summed E-state index contributed by atoms with van der Waals surface area (Å²) in [7, 11) is -3.90.